The standard InChI is InChI=1S/C10H16O3/c1-2-3-10(12-6-7-13-10)9(8-11)4-5-9/h8H,2-7H2,1H3. The van der Waals surface area contributed by atoms with E-state index in [1.165, 1.54) is 0 Å². The maximum atomic E-state index is 11.0. The Hall–Kier alpha value is -0.410. The van der Waals surface area contributed by atoms with Gasteiger partial charge in [-0.2, -0.15) is 0 Å². The molecule has 1 aliphatic carbocycles. The van der Waals surface area contributed by atoms with Crippen molar-refractivity contribution in [1.29, 1.82) is 0 Å². The molecule has 2 aliphatic rings. The summed E-state index contributed by atoms with van der Waals surface area (Å²) in [5.74, 6) is -0.566. The van der Waals surface area contributed by atoms with Gasteiger partial charge in [0.1, 0.15) is 6.29 Å². The van der Waals surface area contributed by atoms with Gasteiger partial charge in [0.25, 0.3) is 0 Å². The van der Waals surface area contributed by atoms with Gasteiger partial charge in [0, 0.05) is 6.42 Å². The molecule has 0 radical (unpaired) electrons. The van der Waals surface area contributed by atoms with Crippen LogP contribution in [0.15, 0.2) is 0 Å². The van der Waals surface area contributed by atoms with Gasteiger partial charge >= 0.3 is 0 Å². The summed E-state index contributed by atoms with van der Waals surface area (Å²) in [6.07, 6.45) is 4.72. The van der Waals surface area contributed by atoms with E-state index < -0.39 is 5.79 Å². The van der Waals surface area contributed by atoms with Crippen LogP contribution in [0.1, 0.15) is 32.6 Å². The summed E-state index contributed by atoms with van der Waals surface area (Å²) in [5, 5.41) is 0. The number of carbonyl (C=O) groups is 1. The highest BCUT2D eigenvalue weighted by Gasteiger charge is 2.62. The van der Waals surface area contributed by atoms with E-state index in [1.54, 1.807) is 0 Å². The lowest BCUT2D eigenvalue weighted by atomic mass is 9.92. The molecule has 0 atom stereocenters. The van der Waals surface area contributed by atoms with Crippen molar-refractivity contribution >= 4 is 6.29 Å². The summed E-state index contributed by atoms with van der Waals surface area (Å²) in [5.41, 5.74) is -0.306. The lowest BCUT2D eigenvalue weighted by Gasteiger charge is -2.32. The highest BCUT2D eigenvalue weighted by molar-refractivity contribution is 5.65. The molecule has 0 aromatic carbocycles. The smallest absolute Gasteiger partial charge is 0.180 e. The molecule has 1 saturated heterocycles. The average Bonchev–Trinajstić information content (AvgIpc) is 2.83. The van der Waals surface area contributed by atoms with Crippen LogP contribution < -0.4 is 0 Å². The molecule has 2 rings (SSSR count). The van der Waals surface area contributed by atoms with Crippen molar-refractivity contribution in [1.82, 2.24) is 0 Å². The summed E-state index contributed by atoms with van der Waals surface area (Å²) >= 11 is 0. The van der Waals surface area contributed by atoms with Crippen molar-refractivity contribution in [3.63, 3.8) is 0 Å². The maximum absolute atomic E-state index is 11.0. The number of carbonyl (C=O) groups excluding carboxylic acids is 1. The van der Waals surface area contributed by atoms with Crippen LogP contribution in [0.2, 0.25) is 0 Å². The second kappa shape index (κ2) is 3.07. The Bertz CT molecular complexity index is 202. The molecule has 74 valence electrons. The summed E-state index contributed by atoms with van der Waals surface area (Å²) < 4.78 is 11.3. The van der Waals surface area contributed by atoms with Crippen molar-refractivity contribution in [2.24, 2.45) is 5.41 Å². The molecule has 13 heavy (non-hydrogen) atoms. The Morgan fingerprint density at radius 3 is 2.31 bits per heavy atom. The van der Waals surface area contributed by atoms with Crippen molar-refractivity contribution in [2.75, 3.05) is 13.2 Å². The molecule has 0 bridgehead atoms. The molecule has 0 aromatic rings. The minimum absolute atomic E-state index is 0.306. The summed E-state index contributed by atoms with van der Waals surface area (Å²) in [7, 11) is 0. The topological polar surface area (TPSA) is 35.5 Å². The third-order valence-electron chi connectivity index (χ3n) is 3.11. The Morgan fingerprint density at radius 1 is 1.31 bits per heavy atom. The van der Waals surface area contributed by atoms with E-state index in [9.17, 15) is 4.79 Å². The first-order valence-electron chi connectivity index (χ1n) is 5.03. The minimum atomic E-state index is -0.566. The summed E-state index contributed by atoms with van der Waals surface area (Å²) in [4.78, 5) is 11.0. The van der Waals surface area contributed by atoms with Crippen LogP contribution in [-0.4, -0.2) is 25.3 Å². The highest BCUT2D eigenvalue weighted by atomic mass is 16.7. The largest absolute Gasteiger partial charge is 0.347 e. The number of ether oxygens (including phenoxy) is 2. The van der Waals surface area contributed by atoms with Gasteiger partial charge in [0.05, 0.1) is 18.6 Å². The van der Waals surface area contributed by atoms with Gasteiger partial charge < -0.3 is 14.3 Å². The van der Waals surface area contributed by atoms with Crippen LogP contribution in [0.25, 0.3) is 0 Å². The van der Waals surface area contributed by atoms with E-state index >= 15 is 0 Å². The van der Waals surface area contributed by atoms with E-state index in [4.69, 9.17) is 9.47 Å². The summed E-state index contributed by atoms with van der Waals surface area (Å²) in [6.45, 7) is 3.36. The first-order chi connectivity index (χ1) is 6.29. The molecular formula is C10H16O3. The van der Waals surface area contributed by atoms with Gasteiger partial charge in [-0.3, -0.25) is 0 Å². The molecule has 0 aromatic heterocycles. The van der Waals surface area contributed by atoms with Gasteiger partial charge in [-0.15, -0.1) is 0 Å². The van der Waals surface area contributed by atoms with Gasteiger partial charge in [0.2, 0.25) is 0 Å². The quantitative estimate of drug-likeness (QED) is 0.621. The van der Waals surface area contributed by atoms with E-state index in [0.29, 0.717) is 13.2 Å². The average molecular weight is 184 g/mol. The Labute approximate surface area is 78.4 Å². The predicted molar refractivity (Wildman–Crippen MR) is 47.3 cm³/mol. The number of aldehydes is 1. The Morgan fingerprint density at radius 2 is 1.92 bits per heavy atom. The van der Waals surface area contributed by atoms with E-state index in [2.05, 4.69) is 6.92 Å². The number of hydrogen-bond donors (Lipinski definition) is 0. The lowest BCUT2D eigenvalue weighted by Crippen LogP contribution is -2.41. The zero-order valence-corrected chi connectivity index (χ0v) is 8.04. The van der Waals surface area contributed by atoms with Gasteiger partial charge in [0.15, 0.2) is 5.79 Å². The van der Waals surface area contributed by atoms with Crippen LogP contribution in [0.4, 0.5) is 0 Å². The predicted octanol–water partition coefficient (Wildman–Crippen LogP) is 1.51. The van der Waals surface area contributed by atoms with Crippen molar-refractivity contribution in [3.8, 4) is 0 Å². The molecule has 0 N–H and O–H groups in total. The molecule has 1 saturated carbocycles. The van der Waals surface area contributed by atoms with Crippen LogP contribution in [-0.2, 0) is 14.3 Å². The van der Waals surface area contributed by atoms with Crippen LogP contribution in [0, 0.1) is 5.41 Å². The normalized spacial score (nSPS) is 28.7. The van der Waals surface area contributed by atoms with E-state index in [0.717, 1.165) is 32.0 Å². The Kier molecular flexibility index (Phi) is 2.16. The van der Waals surface area contributed by atoms with Crippen LogP contribution >= 0.6 is 0 Å². The second-order valence-corrected chi connectivity index (χ2v) is 3.97. The molecule has 1 heterocycles. The molecule has 0 amide bonds. The molecule has 0 spiro atoms. The molecular weight excluding hydrogens is 168 g/mol. The van der Waals surface area contributed by atoms with E-state index in [1.807, 2.05) is 0 Å². The minimum Gasteiger partial charge on any atom is -0.347 e. The van der Waals surface area contributed by atoms with Crippen LogP contribution in [0.3, 0.4) is 0 Å². The fourth-order valence-electron chi connectivity index (χ4n) is 2.19. The Balaban J connectivity index is 2.17. The van der Waals surface area contributed by atoms with Crippen molar-refractivity contribution < 1.29 is 14.3 Å². The van der Waals surface area contributed by atoms with Gasteiger partial charge in [-0.05, 0) is 12.8 Å². The third kappa shape index (κ3) is 1.22. The van der Waals surface area contributed by atoms with Gasteiger partial charge in [-0.25, -0.2) is 0 Å². The van der Waals surface area contributed by atoms with Crippen molar-refractivity contribution in [2.45, 2.75) is 38.4 Å². The molecule has 2 fully saturated rings. The first-order valence-corrected chi connectivity index (χ1v) is 5.03. The van der Waals surface area contributed by atoms with Crippen molar-refractivity contribution in [3.05, 3.63) is 0 Å². The molecule has 0 unspecified atom stereocenters. The summed E-state index contributed by atoms with van der Waals surface area (Å²) in [6, 6.07) is 0. The second-order valence-electron chi connectivity index (χ2n) is 3.97. The fraction of sp³-hybridized carbons (Fsp3) is 0.900. The molecule has 3 heteroatoms. The SMILES string of the molecule is CCCC1(C2(C=O)CC2)OCCO1. The van der Waals surface area contributed by atoms with Gasteiger partial charge in [-0.1, -0.05) is 13.3 Å². The van der Waals surface area contributed by atoms with Crippen LogP contribution in [0.5, 0.6) is 0 Å². The molecule has 1 aliphatic heterocycles. The number of hydrogen-bond acceptors (Lipinski definition) is 3. The number of rotatable bonds is 4. The highest BCUT2D eigenvalue weighted by Crippen LogP contribution is 2.57. The first kappa shape index (κ1) is 9.16. The monoisotopic (exact) mass is 184 g/mol. The fourth-order valence-corrected chi connectivity index (χ4v) is 2.19. The van der Waals surface area contributed by atoms with E-state index in [-0.39, 0.29) is 5.41 Å². The third-order valence-corrected chi connectivity index (χ3v) is 3.11. The zero-order valence-electron chi connectivity index (χ0n) is 8.04. The lowest BCUT2D eigenvalue weighted by molar-refractivity contribution is -0.205. The maximum Gasteiger partial charge on any atom is 0.180 e. The zero-order chi connectivity index (χ0) is 9.36. The molecule has 3 nitrogen and oxygen atoms in total.